The summed E-state index contributed by atoms with van der Waals surface area (Å²) in [4.78, 5) is 8.26. The number of nitrogens with zero attached hydrogens (tertiary/aromatic N) is 2. The van der Waals surface area contributed by atoms with Crippen molar-refractivity contribution in [1.82, 2.24) is 9.97 Å². The molecule has 0 saturated heterocycles. The SMILES string of the molecule is Cc1cncnc1NCCc1cccc(-c2ccccc2)c1. The van der Waals surface area contributed by atoms with E-state index in [0.29, 0.717) is 0 Å². The van der Waals surface area contributed by atoms with E-state index >= 15 is 0 Å². The molecule has 0 radical (unpaired) electrons. The summed E-state index contributed by atoms with van der Waals surface area (Å²) < 4.78 is 0. The van der Waals surface area contributed by atoms with Gasteiger partial charge in [0.05, 0.1) is 0 Å². The molecule has 0 aliphatic carbocycles. The molecule has 0 saturated carbocycles. The van der Waals surface area contributed by atoms with Crippen molar-refractivity contribution in [3.8, 4) is 11.1 Å². The first-order valence-corrected chi connectivity index (χ1v) is 7.48. The van der Waals surface area contributed by atoms with Gasteiger partial charge in [-0.15, -0.1) is 0 Å². The molecule has 1 heterocycles. The maximum Gasteiger partial charge on any atom is 0.132 e. The Balaban J connectivity index is 1.65. The Hall–Kier alpha value is -2.68. The maximum atomic E-state index is 4.25. The molecular weight excluding hydrogens is 270 g/mol. The fourth-order valence-corrected chi connectivity index (χ4v) is 2.45. The van der Waals surface area contributed by atoms with Gasteiger partial charge in [-0.1, -0.05) is 54.6 Å². The minimum atomic E-state index is 0.857. The molecule has 1 aromatic heterocycles. The zero-order chi connectivity index (χ0) is 15.2. The molecule has 110 valence electrons. The summed E-state index contributed by atoms with van der Waals surface area (Å²) in [7, 11) is 0. The molecule has 2 aromatic carbocycles. The molecule has 1 N–H and O–H groups in total. The number of anilines is 1. The van der Waals surface area contributed by atoms with Gasteiger partial charge in [0.1, 0.15) is 12.1 Å². The highest BCUT2D eigenvalue weighted by Gasteiger charge is 2.01. The highest BCUT2D eigenvalue weighted by Crippen LogP contribution is 2.20. The highest BCUT2D eigenvalue weighted by molar-refractivity contribution is 5.63. The van der Waals surface area contributed by atoms with Crippen LogP contribution >= 0.6 is 0 Å². The van der Waals surface area contributed by atoms with E-state index in [1.807, 2.05) is 19.2 Å². The molecular formula is C19H19N3. The summed E-state index contributed by atoms with van der Waals surface area (Å²) in [6.45, 7) is 2.87. The van der Waals surface area contributed by atoms with Crippen LogP contribution in [-0.2, 0) is 6.42 Å². The summed E-state index contributed by atoms with van der Waals surface area (Å²) in [5, 5.41) is 3.37. The van der Waals surface area contributed by atoms with Crippen LogP contribution in [-0.4, -0.2) is 16.5 Å². The van der Waals surface area contributed by atoms with Crippen molar-refractivity contribution in [2.75, 3.05) is 11.9 Å². The van der Waals surface area contributed by atoms with E-state index in [9.17, 15) is 0 Å². The lowest BCUT2D eigenvalue weighted by molar-refractivity contribution is 0.992. The molecule has 3 heteroatoms. The van der Waals surface area contributed by atoms with Crippen LogP contribution in [0.15, 0.2) is 67.1 Å². The fraction of sp³-hybridized carbons (Fsp3) is 0.158. The Bertz CT molecular complexity index is 738. The van der Waals surface area contributed by atoms with Crippen LogP contribution in [0, 0.1) is 6.92 Å². The minimum Gasteiger partial charge on any atom is -0.369 e. The molecule has 0 aliphatic rings. The molecule has 0 bridgehead atoms. The lowest BCUT2D eigenvalue weighted by atomic mass is 10.0. The first kappa shape index (κ1) is 14.3. The zero-order valence-corrected chi connectivity index (χ0v) is 12.7. The van der Waals surface area contributed by atoms with Crippen molar-refractivity contribution in [2.24, 2.45) is 0 Å². The van der Waals surface area contributed by atoms with E-state index in [1.54, 1.807) is 6.33 Å². The van der Waals surface area contributed by atoms with Crippen molar-refractivity contribution < 1.29 is 0 Å². The largest absolute Gasteiger partial charge is 0.369 e. The summed E-state index contributed by atoms with van der Waals surface area (Å²) in [5.74, 6) is 0.911. The van der Waals surface area contributed by atoms with E-state index in [-0.39, 0.29) is 0 Å². The van der Waals surface area contributed by atoms with E-state index in [4.69, 9.17) is 0 Å². The summed E-state index contributed by atoms with van der Waals surface area (Å²) >= 11 is 0. The fourth-order valence-electron chi connectivity index (χ4n) is 2.45. The van der Waals surface area contributed by atoms with Crippen LogP contribution in [0.3, 0.4) is 0 Å². The number of rotatable bonds is 5. The van der Waals surface area contributed by atoms with Gasteiger partial charge in [0.15, 0.2) is 0 Å². The normalized spacial score (nSPS) is 10.4. The molecule has 0 fully saturated rings. The number of aromatic nitrogens is 2. The quantitative estimate of drug-likeness (QED) is 0.768. The van der Waals surface area contributed by atoms with Gasteiger partial charge in [-0.05, 0) is 30.0 Å². The number of aryl methyl sites for hydroxylation is 1. The Labute approximate surface area is 131 Å². The standard InChI is InChI=1S/C19H19N3/c1-15-13-20-14-22-19(15)21-11-10-16-6-5-9-18(12-16)17-7-3-2-4-8-17/h2-9,12-14H,10-11H2,1H3,(H,20,21,22). The Kier molecular flexibility index (Phi) is 4.44. The second kappa shape index (κ2) is 6.85. The van der Waals surface area contributed by atoms with Gasteiger partial charge >= 0.3 is 0 Å². The third kappa shape index (κ3) is 3.50. The van der Waals surface area contributed by atoms with Gasteiger partial charge < -0.3 is 5.32 Å². The average Bonchev–Trinajstić information content (AvgIpc) is 2.58. The summed E-state index contributed by atoms with van der Waals surface area (Å²) in [6.07, 6.45) is 4.36. The van der Waals surface area contributed by atoms with Gasteiger partial charge in [-0.25, -0.2) is 9.97 Å². The van der Waals surface area contributed by atoms with Crippen molar-refractivity contribution >= 4 is 5.82 Å². The predicted molar refractivity (Wildman–Crippen MR) is 90.8 cm³/mol. The van der Waals surface area contributed by atoms with Gasteiger partial charge in [0, 0.05) is 18.3 Å². The van der Waals surface area contributed by atoms with Gasteiger partial charge in [0.25, 0.3) is 0 Å². The van der Waals surface area contributed by atoms with E-state index in [2.05, 4.69) is 63.8 Å². The molecule has 0 aliphatic heterocycles. The van der Waals surface area contributed by atoms with Crippen molar-refractivity contribution in [2.45, 2.75) is 13.3 Å². The minimum absolute atomic E-state index is 0.857. The maximum absolute atomic E-state index is 4.25. The summed E-state index contributed by atoms with van der Waals surface area (Å²) in [6, 6.07) is 19.2. The van der Waals surface area contributed by atoms with Crippen LogP contribution in [0.25, 0.3) is 11.1 Å². The Morgan fingerprint density at radius 2 is 1.77 bits per heavy atom. The van der Waals surface area contributed by atoms with Crippen LogP contribution in [0.5, 0.6) is 0 Å². The number of hydrogen-bond donors (Lipinski definition) is 1. The number of hydrogen-bond acceptors (Lipinski definition) is 3. The molecule has 3 nitrogen and oxygen atoms in total. The third-order valence-electron chi connectivity index (χ3n) is 3.64. The van der Waals surface area contributed by atoms with E-state index in [1.165, 1.54) is 16.7 Å². The molecule has 0 spiro atoms. The lowest BCUT2D eigenvalue weighted by Crippen LogP contribution is -2.07. The second-order valence-electron chi connectivity index (χ2n) is 5.30. The monoisotopic (exact) mass is 289 g/mol. The van der Waals surface area contributed by atoms with Crippen molar-refractivity contribution in [3.05, 3.63) is 78.2 Å². The van der Waals surface area contributed by atoms with E-state index in [0.717, 1.165) is 24.3 Å². The Morgan fingerprint density at radius 1 is 0.955 bits per heavy atom. The molecule has 22 heavy (non-hydrogen) atoms. The zero-order valence-electron chi connectivity index (χ0n) is 12.7. The Morgan fingerprint density at radius 3 is 2.59 bits per heavy atom. The summed E-state index contributed by atoms with van der Waals surface area (Å²) in [5.41, 5.74) is 4.90. The molecule has 3 aromatic rings. The molecule has 0 atom stereocenters. The second-order valence-corrected chi connectivity index (χ2v) is 5.30. The molecule has 0 unspecified atom stereocenters. The number of nitrogens with one attached hydrogen (secondary N) is 1. The van der Waals surface area contributed by atoms with Crippen LogP contribution < -0.4 is 5.32 Å². The highest BCUT2D eigenvalue weighted by atomic mass is 15.0. The van der Waals surface area contributed by atoms with Gasteiger partial charge in [-0.2, -0.15) is 0 Å². The third-order valence-corrected chi connectivity index (χ3v) is 3.64. The first-order chi connectivity index (χ1) is 10.8. The average molecular weight is 289 g/mol. The first-order valence-electron chi connectivity index (χ1n) is 7.48. The van der Waals surface area contributed by atoms with Gasteiger partial charge in [-0.3, -0.25) is 0 Å². The van der Waals surface area contributed by atoms with Crippen molar-refractivity contribution in [1.29, 1.82) is 0 Å². The topological polar surface area (TPSA) is 37.8 Å². The lowest BCUT2D eigenvalue weighted by Gasteiger charge is -2.09. The number of benzene rings is 2. The van der Waals surface area contributed by atoms with Gasteiger partial charge in [0.2, 0.25) is 0 Å². The molecule has 0 amide bonds. The van der Waals surface area contributed by atoms with E-state index < -0.39 is 0 Å². The van der Waals surface area contributed by atoms with Crippen molar-refractivity contribution in [3.63, 3.8) is 0 Å². The van der Waals surface area contributed by atoms with Crippen LogP contribution in [0.1, 0.15) is 11.1 Å². The smallest absolute Gasteiger partial charge is 0.132 e. The predicted octanol–water partition coefficient (Wildman–Crippen LogP) is 4.11. The van der Waals surface area contributed by atoms with Crippen LogP contribution in [0.2, 0.25) is 0 Å². The molecule has 3 rings (SSSR count). The van der Waals surface area contributed by atoms with Crippen LogP contribution in [0.4, 0.5) is 5.82 Å².